The Hall–Kier alpha value is -1.55. The molecule has 2 aromatic rings. The number of nitrogens with zero attached hydrogens (tertiary/aromatic N) is 3. The number of ether oxygens (including phenoxy) is 1. The van der Waals surface area contributed by atoms with Crippen LogP contribution in [0.25, 0.3) is 11.0 Å². The Morgan fingerprint density at radius 3 is 3.12 bits per heavy atom. The van der Waals surface area contributed by atoms with Crippen LogP contribution in [0.5, 0.6) is 0 Å². The van der Waals surface area contributed by atoms with Gasteiger partial charge < -0.3 is 4.74 Å². The number of sulfonamides is 1. The second kappa shape index (κ2) is 5.72. The summed E-state index contributed by atoms with van der Waals surface area (Å²) in [4.78, 5) is 2.39. The summed E-state index contributed by atoms with van der Waals surface area (Å²) in [5.41, 5.74) is 2.56. The van der Waals surface area contributed by atoms with Crippen LogP contribution in [0.1, 0.15) is 18.4 Å². The number of fused-ring (bicyclic) bond motifs is 2. The Bertz CT molecular complexity index is 945. The predicted molar refractivity (Wildman–Crippen MR) is 93.7 cm³/mol. The average Bonchev–Trinajstić information content (AvgIpc) is 3.31. The molecule has 3 aliphatic rings. The highest BCUT2D eigenvalue weighted by Crippen LogP contribution is 2.54. The van der Waals surface area contributed by atoms with Crippen LogP contribution in [0.15, 0.2) is 22.8 Å². The largest absolute Gasteiger partial charge is 0.370 e. The molecule has 5 rings (SSSR count). The van der Waals surface area contributed by atoms with Crippen LogP contribution in [0.3, 0.4) is 0 Å². The highest BCUT2D eigenvalue weighted by atomic mass is 32.2. The third kappa shape index (κ3) is 2.65. The summed E-state index contributed by atoms with van der Waals surface area (Å²) >= 11 is 0. The maximum Gasteiger partial charge on any atom is 0.208 e. The van der Waals surface area contributed by atoms with Gasteiger partial charge in [-0.25, -0.2) is 17.8 Å². The van der Waals surface area contributed by atoms with Crippen LogP contribution < -0.4 is 4.72 Å². The number of nitrogens with one attached hydrogen (secondary N) is 1. The molecule has 1 spiro atoms. The zero-order valence-electron chi connectivity index (χ0n) is 14.6. The predicted octanol–water partition coefficient (Wildman–Crippen LogP) is 0.751. The van der Waals surface area contributed by atoms with Crippen molar-refractivity contribution in [1.82, 2.24) is 19.9 Å². The van der Waals surface area contributed by atoms with Crippen molar-refractivity contribution < 1.29 is 17.8 Å². The maximum atomic E-state index is 11.5. The first-order chi connectivity index (χ1) is 12.4. The van der Waals surface area contributed by atoms with Gasteiger partial charge in [0.05, 0.1) is 18.0 Å². The Morgan fingerprint density at radius 1 is 1.38 bits per heavy atom. The van der Waals surface area contributed by atoms with E-state index in [2.05, 4.69) is 26.0 Å². The summed E-state index contributed by atoms with van der Waals surface area (Å²) in [7, 11) is -3.18. The van der Waals surface area contributed by atoms with Gasteiger partial charge in [-0.1, -0.05) is 12.1 Å². The lowest BCUT2D eigenvalue weighted by Crippen LogP contribution is -2.41. The number of benzene rings is 1. The van der Waals surface area contributed by atoms with Crippen LogP contribution in [0, 0.1) is 11.8 Å². The SMILES string of the molecule is CS(=O)(=O)NC[C@H]1[C@H]2CN(Cc3cccc4nonc34)C[C@]23CC[C@H]1O3. The van der Waals surface area contributed by atoms with Crippen molar-refractivity contribution in [3.8, 4) is 0 Å². The van der Waals surface area contributed by atoms with Crippen molar-refractivity contribution in [2.24, 2.45) is 11.8 Å². The van der Waals surface area contributed by atoms with Crippen molar-refractivity contribution in [3.05, 3.63) is 23.8 Å². The van der Waals surface area contributed by atoms with Crippen molar-refractivity contribution in [2.45, 2.75) is 31.1 Å². The Morgan fingerprint density at radius 2 is 2.27 bits per heavy atom. The third-order valence-electron chi connectivity index (χ3n) is 6.20. The van der Waals surface area contributed by atoms with E-state index in [4.69, 9.17) is 9.37 Å². The van der Waals surface area contributed by atoms with Gasteiger partial charge in [0, 0.05) is 38.0 Å². The van der Waals surface area contributed by atoms with Crippen LogP contribution in [0.4, 0.5) is 0 Å². The maximum absolute atomic E-state index is 11.5. The molecule has 3 saturated heterocycles. The summed E-state index contributed by atoms with van der Waals surface area (Å²) in [6.45, 7) is 3.02. The molecule has 3 aliphatic heterocycles. The van der Waals surface area contributed by atoms with Crippen molar-refractivity contribution in [3.63, 3.8) is 0 Å². The van der Waals surface area contributed by atoms with Crippen molar-refractivity contribution >= 4 is 21.1 Å². The highest BCUT2D eigenvalue weighted by molar-refractivity contribution is 7.88. The molecule has 1 N–H and O–H groups in total. The molecule has 0 radical (unpaired) electrons. The van der Waals surface area contributed by atoms with E-state index < -0.39 is 10.0 Å². The van der Waals surface area contributed by atoms with E-state index in [1.165, 1.54) is 6.26 Å². The first kappa shape index (κ1) is 16.6. The van der Waals surface area contributed by atoms with E-state index in [9.17, 15) is 8.42 Å². The zero-order chi connectivity index (χ0) is 17.9. The van der Waals surface area contributed by atoms with Gasteiger partial charge in [-0.15, -0.1) is 0 Å². The van der Waals surface area contributed by atoms with E-state index >= 15 is 0 Å². The summed E-state index contributed by atoms with van der Waals surface area (Å²) < 4.78 is 36.9. The third-order valence-corrected chi connectivity index (χ3v) is 6.89. The monoisotopic (exact) mass is 378 g/mol. The smallest absolute Gasteiger partial charge is 0.208 e. The van der Waals surface area contributed by atoms with Gasteiger partial charge in [-0.2, -0.15) is 0 Å². The molecule has 2 bridgehead atoms. The summed E-state index contributed by atoms with van der Waals surface area (Å²) in [5.74, 6) is 0.609. The van der Waals surface area contributed by atoms with Gasteiger partial charge in [0.1, 0.15) is 11.0 Å². The molecular formula is C17H22N4O4S. The number of aromatic nitrogens is 2. The molecule has 9 heteroatoms. The Balaban J connectivity index is 1.35. The zero-order valence-corrected chi connectivity index (χ0v) is 15.4. The van der Waals surface area contributed by atoms with E-state index in [-0.39, 0.29) is 17.6 Å². The number of hydrogen-bond donors (Lipinski definition) is 1. The van der Waals surface area contributed by atoms with Crippen LogP contribution in [-0.2, 0) is 21.3 Å². The first-order valence-corrected chi connectivity index (χ1v) is 10.9. The highest BCUT2D eigenvalue weighted by Gasteiger charge is 2.62. The quantitative estimate of drug-likeness (QED) is 0.820. The molecule has 0 aliphatic carbocycles. The van der Waals surface area contributed by atoms with E-state index in [1.807, 2.05) is 12.1 Å². The fraction of sp³-hybridized carbons (Fsp3) is 0.647. The van der Waals surface area contributed by atoms with E-state index in [0.29, 0.717) is 12.5 Å². The van der Waals surface area contributed by atoms with E-state index in [0.717, 1.165) is 49.1 Å². The second-order valence-corrected chi connectivity index (χ2v) is 9.70. The van der Waals surface area contributed by atoms with Crippen molar-refractivity contribution in [2.75, 3.05) is 25.9 Å². The van der Waals surface area contributed by atoms with Gasteiger partial charge in [-0.3, -0.25) is 4.90 Å². The topological polar surface area (TPSA) is 97.6 Å². The van der Waals surface area contributed by atoms with Crippen LogP contribution in [-0.4, -0.2) is 61.2 Å². The molecule has 8 nitrogen and oxygen atoms in total. The molecule has 4 atom stereocenters. The second-order valence-electron chi connectivity index (χ2n) is 7.87. The minimum atomic E-state index is -3.18. The van der Waals surface area contributed by atoms with E-state index in [1.54, 1.807) is 0 Å². The molecule has 140 valence electrons. The molecule has 26 heavy (non-hydrogen) atoms. The summed E-state index contributed by atoms with van der Waals surface area (Å²) in [6.07, 6.45) is 3.47. The number of hydrogen-bond acceptors (Lipinski definition) is 7. The Labute approximate surface area is 151 Å². The molecule has 0 saturated carbocycles. The van der Waals surface area contributed by atoms with Gasteiger partial charge in [0.15, 0.2) is 0 Å². The van der Waals surface area contributed by atoms with Gasteiger partial charge in [-0.05, 0) is 34.8 Å². The van der Waals surface area contributed by atoms with Gasteiger partial charge in [0.2, 0.25) is 10.0 Å². The molecule has 1 aromatic carbocycles. The summed E-state index contributed by atoms with van der Waals surface area (Å²) in [5, 5.41) is 7.94. The lowest BCUT2D eigenvalue weighted by molar-refractivity contribution is 0.00222. The molecular weight excluding hydrogens is 356 g/mol. The fourth-order valence-electron chi connectivity index (χ4n) is 5.16. The average molecular weight is 378 g/mol. The lowest BCUT2D eigenvalue weighted by atomic mass is 9.74. The normalized spacial score (nSPS) is 34.0. The Kier molecular flexibility index (Phi) is 3.66. The minimum absolute atomic E-state index is 0.121. The standard InChI is InChI=1S/C17H22N4O4S/c1-26(22,23)18-7-12-13-9-21(10-17(13)6-5-15(12)24-17)8-11-3-2-4-14-16(11)20-25-19-14/h2-4,12-13,15,18H,5-10H2,1H3/t12-,13+,15+,17+/m0/s1. The number of rotatable bonds is 5. The van der Waals surface area contributed by atoms with Gasteiger partial charge in [0.25, 0.3) is 0 Å². The van der Waals surface area contributed by atoms with Gasteiger partial charge >= 0.3 is 0 Å². The van der Waals surface area contributed by atoms with Crippen LogP contribution in [0.2, 0.25) is 0 Å². The minimum Gasteiger partial charge on any atom is -0.370 e. The fourth-order valence-corrected chi connectivity index (χ4v) is 5.65. The first-order valence-electron chi connectivity index (χ1n) is 8.98. The molecule has 3 fully saturated rings. The molecule has 1 aromatic heterocycles. The lowest BCUT2D eigenvalue weighted by Gasteiger charge is -2.29. The molecule has 0 amide bonds. The summed E-state index contributed by atoms with van der Waals surface area (Å²) in [6, 6.07) is 5.92. The van der Waals surface area contributed by atoms with Crippen LogP contribution >= 0.6 is 0 Å². The van der Waals surface area contributed by atoms with Crippen molar-refractivity contribution in [1.29, 1.82) is 0 Å². The molecule has 0 unspecified atom stereocenters. The molecule has 4 heterocycles. The number of likely N-dealkylation sites (tertiary alicyclic amines) is 1.